The van der Waals surface area contributed by atoms with Crippen LogP contribution in [0.3, 0.4) is 0 Å². The van der Waals surface area contributed by atoms with Crippen LogP contribution < -0.4 is 15.5 Å². The van der Waals surface area contributed by atoms with E-state index in [1.54, 1.807) is 62.6 Å². The molecule has 33 heavy (non-hydrogen) atoms. The fourth-order valence-electron chi connectivity index (χ4n) is 2.93. The minimum Gasteiger partial charge on any atom is -0.497 e. The second kappa shape index (κ2) is 10.8. The van der Waals surface area contributed by atoms with Crippen molar-refractivity contribution in [2.24, 2.45) is 0 Å². The minimum atomic E-state index is -3.70. The van der Waals surface area contributed by atoms with Crippen molar-refractivity contribution < 1.29 is 26.4 Å². The zero-order valence-corrected chi connectivity index (χ0v) is 20.2. The highest BCUT2D eigenvalue weighted by Gasteiger charge is 2.30. The number of nitrogens with zero attached hydrogens (tertiary/aromatic N) is 1. The summed E-state index contributed by atoms with van der Waals surface area (Å²) in [6.07, 6.45) is 0.955. The van der Waals surface area contributed by atoms with Crippen molar-refractivity contribution in [3.63, 3.8) is 0 Å². The number of benzene rings is 2. The van der Waals surface area contributed by atoms with Gasteiger partial charge in [0, 0.05) is 16.4 Å². The smallest absolute Gasteiger partial charge is 0.279 e. The quantitative estimate of drug-likeness (QED) is 0.275. The lowest BCUT2D eigenvalue weighted by atomic mass is 10.2. The van der Waals surface area contributed by atoms with Crippen molar-refractivity contribution in [1.82, 2.24) is 4.98 Å². The van der Waals surface area contributed by atoms with Crippen LogP contribution >= 0.6 is 7.37 Å². The highest BCUT2D eigenvalue weighted by Crippen LogP contribution is 2.44. The van der Waals surface area contributed by atoms with Crippen LogP contribution in [-0.4, -0.2) is 33.4 Å². The second-order valence-electron chi connectivity index (χ2n) is 6.95. The molecule has 1 aromatic heterocycles. The summed E-state index contributed by atoms with van der Waals surface area (Å²) in [5.41, 5.74) is 1.69. The topological polar surface area (TPSA) is 91.8 Å². The van der Waals surface area contributed by atoms with Gasteiger partial charge in [-0.3, -0.25) is 8.75 Å². The number of methoxy groups -OCH3 is 1. The number of hydrogen-bond donors (Lipinski definition) is 0. The summed E-state index contributed by atoms with van der Waals surface area (Å²) in [6.45, 7) is 1.63. The Morgan fingerprint density at radius 2 is 1.64 bits per heavy atom. The predicted octanol–water partition coefficient (Wildman–Crippen LogP) is 3.23. The first-order valence-electron chi connectivity index (χ1n) is 10.1. The number of rotatable bonds is 8. The van der Waals surface area contributed by atoms with Crippen LogP contribution in [0.1, 0.15) is 23.7 Å². The molecule has 0 saturated carbocycles. The van der Waals surface area contributed by atoms with Crippen molar-refractivity contribution in [2.45, 2.75) is 13.5 Å². The summed E-state index contributed by atoms with van der Waals surface area (Å²) in [6, 6.07) is 19.2. The van der Waals surface area contributed by atoms with E-state index < -0.39 is 17.5 Å². The number of aromatic nitrogens is 1. The van der Waals surface area contributed by atoms with Gasteiger partial charge in [0.05, 0.1) is 25.7 Å². The van der Waals surface area contributed by atoms with Gasteiger partial charge >= 0.3 is 0 Å². The van der Waals surface area contributed by atoms with Crippen LogP contribution in [0.25, 0.3) is 0 Å². The van der Waals surface area contributed by atoms with Gasteiger partial charge in [-0.25, -0.2) is 4.98 Å². The molecule has 3 aromatic rings. The van der Waals surface area contributed by atoms with E-state index >= 15 is 0 Å². The molecule has 0 aliphatic rings. The Kier molecular flexibility index (Phi) is 8.06. The molecule has 9 heteroatoms. The van der Waals surface area contributed by atoms with Crippen LogP contribution in [-0.2, 0) is 30.0 Å². The van der Waals surface area contributed by atoms with Crippen molar-refractivity contribution >= 4 is 28.2 Å². The van der Waals surface area contributed by atoms with E-state index in [1.807, 2.05) is 18.2 Å². The first-order chi connectivity index (χ1) is 15.7. The molecule has 0 radical (unpaired) electrons. The van der Waals surface area contributed by atoms with Crippen LogP contribution in [0.4, 0.5) is 0 Å². The number of ether oxygens (including phenoxy) is 1. The molecule has 1 atom stereocenters. The Morgan fingerprint density at radius 3 is 2.24 bits per heavy atom. The summed E-state index contributed by atoms with van der Waals surface area (Å²) in [4.78, 5) is 4.42. The van der Waals surface area contributed by atoms with E-state index in [9.17, 15) is 13.0 Å². The van der Waals surface area contributed by atoms with Crippen LogP contribution in [0, 0.1) is 11.8 Å². The highest BCUT2D eigenvalue weighted by molar-refractivity contribution is 7.85. The minimum absolute atomic E-state index is 0.171. The lowest BCUT2D eigenvalue weighted by Crippen LogP contribution is -2.23. The average Bonchev–Trinajstić information content (AvgIpc) is 2.82. The maximum atomic E-state index is 14.0. The Balaban J connectivity index is 2.09. The third kappa shape index (κ3) is 6.77. The van der Waals surface area contributed by atoms with Crippen molar-refractivity contribution in [1.29, 1.82) is 0 Å². The number of hydrogen-bond acceptors (Lipinski definition) is 7. The molecule has 0 spiro atoms. The van der Waals surface area contributed by atoms with Crippen LogP contribution in [0.2, 0.25) is 0 Å². The molecule has 0 bridgehead atoms. The molecule has 3 rings (SSSR count). The third-order valence-corrected chi connectivity index (χ3v) is 7.41. The largest absolute Gasteiger partial charge is 0.497 e. The Hall–Kier alpha value is -2.95. The van der Waals surface area contributed by atoms with Gasteiger partial charge in [0.1, 0.15) is 17.8 Å². The fourth-order valence-corrected chi connectivity index (χ4v) is 5.31. The molecular formula is C24H24NO6PS. The highest BCUT2D eigenvalue weighted by atomic mass is 32.2. The molecule has 172 valence electrons. The van der Waals surface area contributed by atoms with Crippen molar-refractivity contribution in [3.8, 4) is 17.6 Å². The fraction of sp³-hybridized carbons (Fsp3) is 0.208. The number of pyridine rings is 1. The van der Waals surface area contributed by atoms with Gasteiger partial charge < -0.3 is 9.26 Å². The molecule has 0 saturated heterocycles. The van der Waals surface area contributed by atoms with E-state index in [0.29, 0.717) is 16.6 Å². The lowest BCUT2D eigenvalue weighted by molar-refractivity contribution is 0.307. The summed E-state index contributed by atoms with van der Waals surface area (Å²) in [5.74, 6) is 6.78. The van der Waals surface area contributed by atoms with Gasteiger partial charge in [-0.15, -0.1) is 0 Å². The summed E-state index contributed by atoms with van der Waals surface area (Å²) in [7, 11) is -5.66. The molecule has 0 amide bonds. The van der Waals surface area contributed by atoms with Gasteiger partial charge in [0.15, 0.2) is 0 Å². The SMILES string of the molecule is CCOP(=O)(c1ccccc1)c1cc(C#Cc2ccc(OC)cc2)cc(COS(C)(=O)=O)n1. The van der Waals surface area contributed by atoms with Gasteiger partial charge in [-0.2, -0.15) is 8.42 Å². The zero-order chi connectivity index (χ0) is 23.9. The maximum absolute atomic E-state index is 14.0. The van der Waals surface area contributed by atoms with Gasteiger partial charge in [0.2, 0.25) is 0 Å². The molecule has 1 unspecified atom stereocenters. The first kappa shape index (κ1) is 24.7. The Morgan fingerprint density at radius 1 is 0.970 bits per heavy atom. The van der Waals surface area contributed by atoms with Crippen molar-refractivity contribution in [3.05, 3.63) is 83.6 Å². The molecule has 0 aliphatic heterocycles. The van der Waals surface area contributed by atoms with E-state index in [1.165, 1.54) is 0 Å². The van der Waals surface area contributed by atoms with E-state index in [2.05, 4.69) is 16.8 Å². The van der Waals surface area contributed by atoms with E-state index in [4.69, 9.17) is 13.4 Å². The summed E-state index contributed by atoms with van der Waals surface area (Å²) in [5, 5.41) is 0.481. The van der Waals surface area contributed by atoms with Gasteiger partial charge in [0.25, 0.3) is 17.5 Å². The lowest BCUT2D eigenvalue weighted by Gasteiger charge is -2.18. The van der Waals surface area contributed by atoms with Crippen molar-refractivity contribution in [2.75, 3.05) is 20.0 Å². The molecule has 0 N–H and O–H groups in total. The van der Waals surface area contributed by atoms with Crippen LogP contribution in [0.5, 0.6) is 5.75 Å². The first-order valence-corrected chi connectivity index (χ1v) is 13.5. The zero-order valence-electron chi connectivity index (χ0n) is 18.5. The third-order valence-electron chi connectivity index (χ3n) is 4.44. The van der Waals surface area contributed by atoms with E-state index in [0.717, 1.165) is 11.8 Å². The molecule has 1 heterocycles. The summed E-state index contributed by atoms with van der Waals surface area (Å²) < 4.78 is 52.7. The second-order valence-corrected chi connectivity index (χ2v) is 10.9. The predicted molar refractivity (Wildman–Crippen MR) is 128 cm³/mol. The summed E-state index contributed by atoms with van der Waals surface area (Å²) >= 11 is 0. The molecule has 2 aromatic carbocycles. The monoisotopic (exact) mass is 485 g/mol. The molecule has 0 aliphatic carbocycles. The standard InChI is InChI=1S/C24H24NO6PS/c1-4-30-32(26,23-8-6-5-7-9-23)24-17-20(16-21(25-24)18-31-33(3,27)28)11-10-19-12-14-22(29-2)15-13-19/h5-9,12-17H,4,18H2,1-3H3. The normalized spacial score (nSPS) is 12.9. The molecular weight excluding hydrogens is 461 g/mol. The Labute approximate surface area is 194 Å². The van der Waals surface area contributed by atoms with E-state index in [-0.39, 0.29) is 24.3 Å². The van der Waals surface area contributed by atoms with Gasteiger partial charge in [-0.05, 0) is 55.5 Å². The average molecular weight is 485 g/mol. The maximum Gasteiger partial charge on any atom is 0.279 e. The molecule has 7 nitrogen and oxygen atoms in total. The van der Waals surface area contributed by atoms with Gasteiger partial charge in [-0.1, -0.05) is 30.0 Å². The Bertz CT molecular complexity index is 1310. The molecule has 0 fully saturated rings. The van der Waals surface area contributed by atoms with Crippen LogP contribution in [0.15, 0.2) is 66.7 Å².